The molecule has 0 saturated heterocycles. The standard InChI is InChI=1S/C14H13N5O4S/c1-19-13(21)8(6-16-14(19)22)5-11(20)15-7-10-17-12(23-18-10)9-3-2-4-24-9/h2-4,6H,5,7H2,1H3,(H,15,20)(H,16,22). The van der Waals surface area contributed by atoms with Crippen molar-refractivity contribution >= 4 is 17.2 Å². The zero-order chi connectivity index (χ0) is 17.1. The van der Waals surface area contributed by atoms with E-state index in [0.29, 0.717) is 11.7 Å². The Morgan fingerprint density at radius 3 is 3.04 bits per heavy atom. The number of nitrogens with zero attached hydrogens (tertiary/aromatic N) is 3. The third-order valence-corrected chi connectivity index (χ3v) is 4.11. The summed E-state index contributed by atoms with van der Waals surface area (Å²) >= 11 is 1.47. The fraction of sp³-hybridized carbons (Fsp3) is 0.214. The Balaban J connectivity index is 1.61. The van der Waals surface area contributed by atoms with E-state index in [2.05, 4.69) is 20.4 Å². The number of amides is 1. The number of thiophene rings is 1. The van der Waals surface area contributed by atoms with Crippen LogP contribution in [-0.4, -0.2) is 25.6 Å². The molecular formula is C14H13N5O4S. The molecule has 124 valence electrons. The van der Waals surface area contributed by atoms with Gasteiger partial charge >= 0.3 is 5.69 Å². The van der Waals surface area contributed by atoms with Crippen LogP contribution in [0.4, 0.5) is 0 Å². The molecule has 9 nitrogen and oxygen atoms in total. The summed E-state index contributed by atoms with van der Waals surface area (Å²) in [7, 11) is 1.34. The third-order valence-electron chi connectivity index (χ3n) is 3.25. The Morgan fingerprint density at radius 2 is 2.29 bits per heavy atom. The lowest BCUT2D eigenvalue weighted by molar-refractivity contribution is -0.120. The molecule has 0 unspecified atom stereocenters. The van der Waals surface area contributed by atoms with E-state index in [1.165, 1.54) is 24.6 Å². The van der Waals surface area contributed by atoms with Crippen LogP contribution in [-0.2, 0) is 24.8 Å². The Labute approximate surface area is 139 Å². The second-order valence-corrected chi connectivity index (χ2v) is 5.88. The van der Waals surface area contributed by atoms with Gasteiger partial charge in [-0.1, -0.05) is 11.2 Å². The van der Waals surface area contributed by atoms with Crippen LogP contribution in [0.15, 0.2) is 37.8 Å². The molecule has 0 fully saturated rings. The van der Waals surface area contributed by atoms with Gasteiger partial charge in [-0.25, -0.2) is 4.79 Å². The molecule has 0 aliphatic carbocycles. The van der Waals surface area contributed by atoms with Crippen molar-refractivity contribution in [3.63, 3.8) is 0 Å². The number of carbonyl (C=O) groups excluding carboxylic acids is 1. The second-order valence-electron chi connectivity index (χ2n) is 4.93. The third kappa shape index (κ3) is 3.33. The number of hydrogen-bond acceptors (Lipinski definition) is 7. The van der Waals surface area contributed by atoms with E-state index in [4.69, 9.17) is 4.52 Å². The molecule has 0 aromatic carbocycles. The summed E-state index contributed by atoms with van der Waals surface area (Å²) in [5.41, 5.74) is -0.840. The predicted molar refractivity (Wildman–Crippen MR) is 85.5 cm³/mol. The molecule has 10 heteroatoms. The molecule has 3 aromatic rings. The van der Waals surface area contributed by atoms with Crippen LogP contribution in [0.1, 0.15) is 11.4 Å². The summed E-state index contributed by atoms with van der Waals surface area (Å²) in [5, 5.41) is 8.29. The zero-order valence-corrected chi connectivity index (χ0v) is 13.4. The van der Waals surface area contributed by atoms with Crippen molar-refractivity contribution < 1.29 is 9.32 Å². The van der Waals surface area contributed by atoms with Gasteiger partial charge < -0.3 is 14.8 Å². The lowest BCUT2D eigenvalue weighted by Gasteiger charge is -2.03. The van der Waals surface area contributed by atoms with Gasteiger partial charge in [-0.05, 0) is 11.4 Å². The fourth-order valence-corrected chi connectivity index (χ4v) is 2.63. The molecule has 3 rings (SSSR count). The lowest BCUT2D eigenvalue weighted by Crippen LogP contribution is -2.36. The van der Waals surface area contributed by atoms with Crippen molar-refractivity contribution in [2.24, 2.45) is 7.05 Å². The van der Waals surface area contributed by atoms with Gasteiger partial charge in [0.2, 0.25) is 5.91 Å². The lowest BCUT2D eigenvalue weighted by atomic mass is 10.2. The number of H-pyrrole nitrogens is 1. The van der Waals surface area contributed by atoms with Crippen molar-refractivity contribution in [1.82, 2.24) is 25.0 Å². The van der Waals surface area contributed by atoms with E-state index >= 15 is 0 Å². The number of nitrogens with one attached hydrogen (secondary N) is 2. The summed E-state index contributed by atoms with van der Waals surface area (Å²) in [6.45, 7) is 0.0807. The number of aromatic nitrogens is 4. The Hall–Kier alpha value is -3.01. The summed E-state index contributed by atoms with van der Waals surface area (Å²) in [5.74, 6) is 0.339. The normalized spacial score (nSPS) is 10.7. The molecule has 0 aliphatic heterocycles. The van der Waals surface area contributed by atoms with Crippen LogP contribution >= 0.6 is 11.3 Å². The first kappa shape index (κ1) is 15.9. The Kier molecular flexibility index (Phi) is 4.38. The number of hydrogen-bond donors (Lipinski definition) is 2. The molecule has 3 aromatic heterocycles. The maximum atomic E-state index is 11.9. The zero-order valence-electron chi connectivity index (χ0n) is 12.6. The molecular weight excluding hydrogens is 334 g/mol. The quantitative estimate of drug-likeness (QED) is 0.672. The monoisotopic (exact) mass is 347 g/mol. The number of rotatable bonds is 5. The van der Waals surface area contributed by atoms with Crippen LogP contribution in [0, 0.1) is 0 Å². The molecule has 0 saturated carbocycles. The van der Waals surface area contributed by atoms with Gasteiger partial charge in [-0.15, -0.1) is 11.3 Å². The van der Waals surface area contributed by atoms with E-state index in [1.807, 2.05) is 17.5 Å². The minimum absolute atomic E-state index is 0.0807. The van der Waals surface area contributed by atoms with Crippen LogP contribution in [0.5, 0.6) is 0 Å². The van der Waals surface area contributed by atoms with Crippen molar-refractivity contribution in [3.05, 3.63) is 55.9 Å². The highest BCUT2D eigenvalue weighted by atomic mass is 32.1. The van der Waals surface area contributed by atoms with Gasteiger partial charge in [0.05, 0.1) is 17.8 Å². The maximum Gasteiger partial charge on any atom is 0.328 e. The van der Waals surface area contributed by atoms with Crippen LogP contribution < -0.4 is 16.6 Å². The molecule has 0 spiro atoms. The Morgan fingerprint density at radius 1 is 1.46 bits per heavy atom. The summed E-state index contributed by atoms with van der Waals surface area (Å²) in [6.07, 6.45) is 1.09. The topological polar surface area (TPSA) is 123 Å². The minimum atomic E-state index is -0.530. The van der Waals surface area contributed by atoms with Crippen molar-refractivity contribution in [2.45, 2.75) is 13.0 Å². The van der Waals surface area contributed by atoms with Gasteiger partial charge in [0, 0.05) is 18.8 Å². The molecule has 0 bridgehead atoms. The maximum absolute atomic E-state index is 11.9. The van der Waals surface area contributed by atoms with Gasteiger partial charge in [0.25, 0.3) is 11.4 Å². The van der Waals surface area contributed by atoms with Crippen LogP contribution in [0.2, 0.25) is 0 Å². The van der Waals surface area contributed by atoms with E-state index < -0.39 is 11.2 Å². The predicted octanol–water partition coefficient (Wildman–Crippen LogP) is 0.0440. The van der Waals surface area contributed by atoms with E-state index in [9.17, 15) is 14.4 Å². The van der Waals surface area contributed by atoms with Gasteiger partial charge in [0.1, 0.15) is 0 Å². The summed E-state index contributed by atoms with van der Waals surface area (Å²) in [4.78, 5) is 42.5. The van der Waals surface area contributed by atoms with Crippen LogP contribution in [0.25, 0.3) is 10.8 Å². The molecule has 0 radical (unpaired) electrons. The fourth-order valence-electron chi connectivity index (χ4n) is 1.98. The molecule has 3 heterocycles. The van der Waals surface area contributed by atoms with Gasteiger partial charge in [0.15, 0.2) is 5.82 Å². The van der Waals surface area contributed by atoms with E-state index in [1.54, 1.807) is 0 Å². The highest BCUT2D eigenvalue weighted by molar-refractivity contribution is 7.13. The summed E-state index contributed by atoms with van der Waals surface area (Å²) < 4.78 is 6.02. The minimum Gasteiger partial charge on any atom is -0.348 e. The van der Waals surface area contributed by atoms with E-state index in [-0.39, 0.29) is 24.4 Å². The second kappa shape index (κ2) is 6.62. The van der Waals surface area contributed by atoms with Crippen molar-refractivity contribution in [1.29, 1.82) is 0 Å². The highest BCUT2D eigenvalue weighted by Gasteiger charge is 2.12. The first-order chi connectivity index (χ1) is 11.5. The SMILES string of the molecule is Cn1c(=O)[nH]cc(CC(=O)NCc2noc(-c3cccs3)n2)c1=O. The first-order valence-corrected chi connectivity index (χ1v) is 7.83. The molecule has 0 aliphatic rings. The highest BCUT2D eigenvalue weighted by Crippen LogP contribution is 2.22. The summed E-state index contributed by atoms with van der Waals surface area (Å²) in [6, 6.07) is 3.73. The molecule has 24 heavy (non-hydrogen) atoms. The number of aromatic amines is 1. The molecule has 1 amide bonds. The van der Waals surface area contributed by atoms with Gasteiger partial charge in [-0.2, -0.15) is 4.98 Å². The largest absolute Gasteiger partial charge is 0.348 e. The molecule has 2 N–H and O–H groups in total. The Bertz CT molecular complexity index is 970. The van der Waals surface area contributed by atoms with Gasteiger partial charge in [-0.3, -0.25) is 14.2 Å². The smallest absolute Gasteiger partial charge is 0.328 e. The van der Waals surface area contributed by atoms with Crippen LogP contribution in [0.3, 0.4) is 0 Å². The van der Waals surface area contributed by atoms with Crippen molar-refractivity contribution in [3.8, 4) is 10.8 Å². The molecule has 0 atom stereocenters. The average Bonchev–Trinajstić information content (AvgIpc) is 3.24. The first-order valence-electron chi connectivity index (χ1n) is 6.95. The van der Waals surface area contributed by atoms with E-state index in [0.717, 1.165) is 9.44 Å². The number of carbonyl (C=O) groups is 1. The van der Waals surface area contributed by atoms with Crippen molar-refractivity contribution in [2.75, 3.05) is 0 Å². The average molecular weight is 347 g/mol.